The molecule has 0 aromatic heterocycles. The topological polar surface area (TPSA) is 0 Å². The number of rotatable bonds is 2. The van der Waals surface area contributed by atoms with Crippen LogP contribution in [0.2, 0.25) is 0 Å². The maximum absolute atomic E-state index is 2.31. The number of thioether (sulfide) groups is 2. The van der Waals surface area contributed by atoms with E-state index in [1.54, 1.807) is 0 Å². The zero-order valence-corrected chi connectivity index (χ0v) is 7.97. The first-order valence-electron chi connectivity index (χ1n) is 3.32. The second-order valence-corrected chi connectivity index (χ2v) is 4.14. The molecule has 10 heavy (non-hydrogen) atoms. The summed E-state index contributed by atoms with van der Waals surface area (Å²) in [6.07, 6.45) is 12.3. The molecule has 0 fully saturated rings. The third-order valence-corrected chi connectivity index (χ3v) is 3.29. The predicted molar refractivity (Wildman–Crippen MR) is 52.7 cm³/mol. The van der Waals surface area contributed by atoms with Gasteiger partial charge in [0.25, 0.3) is 0 Å². The highest BCUT2D eigenvalue weighted by Crippen LogP contribution is 2.24. The SMILES string of the molecule is CSC1=CCC(SC)C=C1. The van der Waals surface area contributed by atoms with Crippen LogP contribution in [-0.4, -0.2) is 17.8 Å². The van der Waals surface area contributed by atoms with Gasteiger partial charge in [-0.05, 0) is 18.9 Å². The average Bonchev–Trinajstić information content (AvgIpc) is 2.05. The van der Waals surface area contributed by atoms with Crippen molar-refractivity contribution < 1.29 is 0 Å². The van der Waals surface area contributed by atoms with E-state index in [-0.39, 0.29) is 0 Å². The lowest BCUT2D eigenvalue weighted by Crippen LogP contribution is -1.98. The minimum atomic E-state index is 0.718. The first-order valence-corrected chi connectivity index (χ1v) is 5.83. The maximum Gasteiger partial charge on any atom is 0.0262 e. The van der Waals surface area contributed by atoms with Crippen molar-refractivity contribution in [3.8, 4) is 0 Å². The van der Waals surface area contributed by atoms with E-state index in [1.165, 1.54) is 11.3 Å². The van der Waals surface area contributed by atoms with Crippen molar-refractivity contribution in [1.82, 2.24) is 0 Å². The molecule has 0 saturated heterocycles. The summed E-state index contributed by atoms with van der Waals surface area (Å²) in [5.41, 5.74) is 0. The van der Waals surface area contributed by atoms with Crippen LogP contribution in [0.15, 0.2) is 23.1 Å². The van der Waals surface area contributed by atoms with Gasteiger partial charge in [0.1, 0.15) is 0 Å². The summed E-state index contributed by atoms with van der Waals surface area (Å²) in [4.78, 5) is 1.41. The van der Waals surface area contributed by atoms with Crippen molar-refractivity contribution in [2.45, 2.75) is 11.7 Å². The Hall–Kier alpha value is 0.180. The van der Waals surface area contributed by atoms with Crippen LogP contribution in [0, 0.1) is 0 Å². The maximum atomic E-state index is 2.31. The molecule has 0 nitrogen and oxygen atoms in total. The predicted octanol–water partition coefficient (Wildman–Crippen LogP) is 2.92. The van der Waals surface area contributed by atoms with Crippen molar-refractivity contribution in [2.24, 2.45) is 0 Å². The van der Waals surface area contributed by atoms with Gasteiger partial charge < -0.3 is 0 Å². The normalized spacial score (nSPS) is 24.6. The van der Waals surface area contributed by atoms with E-state index < -0.39 is 0 Å². The van der Waals surface area contributed by atoms with E-state index in [9.17, 15) is 0 Å². The van der Waals surface area contributed by atoms with E-state index in [4.69, 9.17) is 0 Å². The van der Waals surface area contributed by atoms with Crippen LogP contribution in [-0.2, 0) is 0 Å². The van der Waals surface area contributed by atoms with E-state index in [0.717, 1.165) is 5.25 Å². The van der Waals surface area contributed by atoms with Crippen LogP contribution in [0.1, 0.15) is 6.42 Å². The molecule has 1 unspecified atom stereocenters. The van der Waals surface area contributed by atoms with Gasteiger partial charge in [0, 0.05) is 10.2 Å². The number of hydrogen-bond acceptors (Lipinski definition) is 2. The summed E-state index contributed by atoms with van der Waals surface area (Å²) >= 11 is 3.74. The van der Waals surface area contributed by atoms with Crippen LogP contribution in [0.3, 0.4) is 0 Å². The standard InChI is InChI=1S/C8H12S2/c1-9-7-3-5-8(10-2)6-4-7/h3-5,8H,6H2,1-2H3. The molecule has 1 aliphatic carbocycles. The van der Waals surface area contributed by atoms with Crippen molar-refractivity contribution in [2.75, 3.05) is 12.5 Å². The molecule has 56 valence electrons. The Morgan fingerprint density at radius 2 is 2.30 bits per heavy atom. The highest BCUT2D eigenvalue weighted by atomic mass is 32.2. The Bertz CT molecular complexity index is 159. The first kappa shape index (κ1) is 8.28. The van der Waals surface area contributed by atoms with Gasteiger partial charge in [0.15, 0.2) is 0 Å². The highest BCUT2D eigenvalue weighted by molar-refractivity contribution is 8.02. The van der Waals surface area contributed by atoms with Crippen LogP contribution >= 0.6 is 23.5 Å². The van der Waals surface area contributed by atoms with Crippen LogP contribution in [0.5, 0.6) is 0 Å². The highest BCUT2D eigenvalue weighted by Gasteiger charge is 2.04. The molecule has 0 bridgehead atoms. The summed E-state index contributed by atoms with van der Waals surface area (Å²) in [6.45, 7) is 0. The Labute approximate surface area is 71.2 Å². The molecule has 0 aromatic carbocycles. The van der Waals surface area contributed by atoms with Gasteiger partial charge in [-0.1, -0.05) is 18.2 Å². The van der Waals surface area contributed by atoms with E-state index >= 15 is 0 Å². The molecule has 2 heteroatoms. The lowest BCUT2D eigenvalue weighted by Gasteiger charge is -2.11. The lowest BCUT2D eigenvalue weighted by molar-refractivity contribution is 1.06. The summed E-state index contributed by atoms with van der Waals surface area (Å²) in [5.74, 6) is 0. The smallest absolute Gasteiger partial charge is 0.0262 e. The van der Waals surface area contributed by atoms with Gasteiger partial charge in [-0.2, -0.15) is 11.8 Å². The summed E-state index contributed by atoms with van der Waals surface area (Å²) < 4.78 is 0. The molecule has 1 aliphatic rings. The molecule has 1 rings (SSSR count). The quantitative estimate of drug-likeness (QED) is 0.628. The van der Waals surface area contributed by atoms with Crippen LogP contribution in [0.25, 0.3) is 0 Å². The second kappa shape index (κ2) is 4.14. The first-order chi connectivity index (χ1) is 4.86. The van der Waals surface area contributed by atoms with Gasteiger partial charge in [0.2, 0.25) is 0 Å². The minimum Gasteiger partial charge on any atom is -0.158 e. The zero-order chi connectivity index (χ0) is 7.40. The fraction of sp³-hybridized carbons (Fsp3) is 0.500. The molecular weight excluding hydrogens is 160 g/mol. The van der Waals surface area contributed by atoms with Crippen molar-refractivity contribution >= 4 is 23.5 Å². The summed E-state index contributed by atoms with van der Waals surface area (Å²) in [6, 6.07) is 0. The van der Waals surface area contributed by atoms with Crippen LogP contribution < -0.4 is 0 Å². The molecule has 0 radical (unpaired) electrons. The van der Waals surface area contributed by atoms with Crippen molar-refractivity contribution in [1.29, 1.82) is 0 Å². The van der Waals surface area contributed by atoms with Crippen molar-refractivity contribution in [3.63, 3.8) is 0 Å². The van der Waals surface area contributed by atoms with Gasteiger partial charge in [-0.15, -0.1) is 11.8 Å². The van der Waals surface area contributed by atoms with Crippen molar-refractivity contribution in [3.05, 3.63) is 23.1 Å². The molecule has 1 atom stereocenters. The largest absolute Gasteiger partial charge is 0.158 e. The Kier molecular flexibility index (Phi) is 3.43. The molecular formula is C8H12S2. The molecule has 0 saturated carbocycles. The van der Waals surface area contributed by atoms with Gasteiger partial charge >= 0.3 is 0 Å². The second-order valence-electron chi connectivity index (χ2n) is 2.18. The Balaban J connectivity index is 2.46. The molecule has 0 N–H and O–H groups in total. The van der Waals surface area contributed by atoms with Crippen LogP contribution in [0.4, 0.5) is 0 Å². The number of hydrogen-bond donors (Lipinski definition) is 0. The van der Waals surface area contributed by atoms with E-state index in [2.05, 4.69) is 30.7 Å². The molecule has 0 spiro atoms. The Morgan fingerprint density at radius 1 is 1.50 bits per heavy atom. The minimum absolute atomic E-state index is 0.718. The average molecular weight is 172 g/mol. The molecule has 0 amide bonds. The van der Waals surface area contributed by atoms with Gasteiger partial charge in [-0.25, -0.2) is 0 Å². The zero-order valence-electron chi connectivity index (χ0n) is 6.33. The summed E-state index contributed by atoms with van der Waals surface area (Å²) in [5, 5.41) is 0.718. The third-order valence-electron chi connectivity index (χ3n) is 1.56. The van der Waals surface area contributed by atoms with E-state index in [0.29, 0.717) is 0 Å². The van der Waals surface area contributed by atoms with E-state index in [1.807, 2.05) is 23.5 Å². The monoisotopic (exact) mass is 172 g/mol. The fourth-order valence-electron chi connectivity index (χ4n) is 0.907. The number of allylic oxidation sites excluding steroid dienone is 2. The van der Waals surface area contributed by atoms with Gasteiger partial charge in [0.05, 0.1) is 0 Å². The summed E-state index contributed by atoms with van der Waals surface area (Å²) in [7, 11) is 0. The molecule has 0 aromatic rings. The fourth-order valence-corrected chi connectivity index (χ4v) is 1.91. The third kappa shape index (κ3) is 2.10. The van der Waals surface area contributed by atoms with Gasteiger partial charge in [-0.3, -0.25) is 0 Å². The lowest BCUT2D eigenvalue weighted by atomic mass is 10.2. The molecule has 0 aliphatic heterocycles. The Morgan fingerprint density at radius 3 is 2.70 bits per heavy atom. The molecule has 0 heterocycles.